The number of hydrogen-bond donors (Lipinski definition) is 1. The molecular formula is C16H14F3NO2. The Labute approximate surface area is 125 Å². The lowest BCUT2D eigenvalue weighted by atomic mass is 10.1. The number of hydrogen-bond acceptors (Lipinski definition) is 2. The third kappa shape index (κ3) is 4.51. The predicted molar refractivity (Wildman–Crippen MR) is 76.5 cm³/mol. The first-order valence-electron chi connectivity index (χ1n) is 6.51. The summed E-state index contributed by atoms with van der Waals surface area (Å²) in [6, 6.07) is 11.6. The molecule has 0 saturated carbocycles. The summed E-state index contributed by atoms with van der Waals surface area (Å²) in [4.78, 5) is 10.9. The second kappa shape index (κ2) is 6.51. The van der Waals surface area contributed by atoms with Crippen LogP contribution in [0.1, 0.15) is 18.1 Å². The summed E-state index contributed by atoms with van der Waals surface area (Å²) in [5.41, 5.74) is 0.356. The Balaban J connectivity index is 1.99. The van der Waals surface area contributed by atoms with E-state index in [4.69, 9.17) is 4.74 Å². The Morgan fingerprint density at radius 3 is 2.41 bits per heavy atom. The SMILES string of the molecule is CC(=O)Nc1ccc(OCc2cccc(C(F)(F)F)c2)cc1. The molecule has 2 aromatic rings. The fraction of sp³-hybridized carbons (Fsp3) is 0.188. The van der Waals surface area contributed by atoms with Gasteiger partial charge in [-0.2, -0.15) is 13.2 Å². The Bertz CT molecular complexity index is 651. The number of nitrogens with one attached hydrogen (secondary N) is 1. The molecule has 0 aliphatic rings. The van der Waals surface area contributed by atoms with E-state index >= 15 is 0 Å². The van der Waals surface area contributed by atoms with Gasteiger partial charge in [0, 0.05) is 12.6 Å². The van der Waals surface area contributed by atoms with E-state index in [0.717, 1.165) is 12.1 Å². The van der Waals surface area contributed by atoms with Crippen LogP contribution in [-0.4, -0.2) is 5.91 Å². The zero-order valence-electron chi connectivity index (χ0n) is 11.8. The first-order chi connectivity index (χ1) is 10.3. The number of rotatable bonds is 4. The summed E-state index contributed by atoms with van der Waals surface area (Å²) in [6.07, 6.45) is -4.37. The zero-order valence-corrected chi connectivity index (χ0v) is 11.8. The Hall–Kier alpha value is -2.50. The van der Waals surface area contributed by atoms with Gasteiger partial charge in [0.25, 0.3) is 0 Å². The van der Waals surface area contributed by atoms with E-state index in [9.17, 15) is 18.0 Å². The molecule has 1 amide bonds. The van der Waals surface area contributed by atoms with Crippen molar-refractivity contribution in [3.8, 4) is 5.75 Å². The largest absolute Gasteiger partial charge is 0.489 e. The van der Waals surface area contributed by atoms with Gasteiger partial charge in [-0.25, -0.2) is 0 Å². The number of benzene rings is 2. The molecule has 0 saturated heterocycles. The van der Waals surface area contributed by atoms with Crippen LogP contribution in [0.15, 0.2) is 48.5 Å². The summed E-state index contributed by atoms with van der Waals surface area (Å²) in [5.74, 6) is 0.323. The summed E-state index contributed by atoms with van der Waals surface area (Å²) in [7, 11) is 0. The van der Waals surface area contributed by atoms with Crippen molar-refractivity contribution >= 4 is 11.6 Å². The van der Waals surface area contributed by atoms with E-state index in [2.05, 4.69) is 5.32 Å². The van der Waals surface area contributed by atoms with E-state index < -0.39 is 11.7 Å². The van der Waals surface area contributed by atoms with Crippen LogP contribution in [0, 0.1) is 0 Å². The summed E-state index contributed by atoms with van der Waals surface area (Å²) in [6.45, 7) is 1.43. The number of carbonyl (C=O) groups excluding carboxylic acids is 1. The van der Waals surface area contributed by atoms with Gasteiger partial charge in [0.1, 0.15) is 12.4 Å². The third-order valence-electron chi connectivity index (χ3n) is 2.83. The van der Waals surface area contributed by atoms with Crippen LogP contribution in [-0.2, 0) is 17.6 Å². The monoisotopic (exact) mass is 309 g/mol. The van der Waals surface area contributed by atoms with Gasteiger partial charge >= 0.3 is 6.18 Å². The molecule has 3 nitrogen and oxygen atoms in total. The highest BCUT2D eigenvalue weighted by molar-refractivity contribution is 5.88. The number of alkyl halides is 3. The number of anilines is 1. The van der Waals surface area contributed by atoms with Gasteiger partial charge < -0.3 is 10.1 Å². The maximum Gasteiger partial charge on any atom is 0.416 e. The minimum Gasteiger partial charge on any atom is -0.489 e. The van der Waals surface area contributed by atoms with Crippen LogP contribution in [0.5, 0.6) is 5.75 Å². The highest BCUT2D eigenvalue weighted by Crippen LogP contribution is 2.29. The van der Waals surface area contributed by atoms with Crippen LogP contribution in [0.4, 0.5) is 18.9 Å². The molecule has 0 bridgehead atoms. The average molecular weight is 309 g/mol. The van der Waals surface area contributed by atoms with Gasteiger partial charge in [0.15, 0.2) is 0 Å². The van der Waals surface area contributed by atoms with E-state index in [0.29, 0.717) is 17.0 Å². The molecule has 2 rings (SSSR count). The topological polar surface area (TPSA) is 38.3 Å². The summed E-state index contributed by atoms with van der Waals surface area (Å²) < 4.78 is 43.3. The molecule has 2 aromatic carbocycles. The molecule has 0 atom stereocenters. The molecule has 0 aliphatic heterocycles. The zero-order chi connectivity index (χ0) is 16.2. The first kappa shape index (κ1) is 15.9. The molecule has 0 unspecified atom stereocenters. The molecule has 0 heterocycles. The predicted octanol–water partition coefficient (Wildman–Crippen LogP) is 4.24. The van der Waals surface area contributed by atoms with E-state index in [1.807, 2.05) is 0 Å². The highest BCUT2D eigenvalue weighted by Gasteiger charge is 2.30. The van der Waals surface area contributed by atoms with Crippen molar-refractivity contribution in [2.45, 2.75) is 19.7 Å². The lowest BCUT2D eigenvalue weighted by Gasteiger charge is -2.10. The lowest BCUT2D eigenvalue weighted by Crippen LogP contribution is -2.06. The van der Waals surface area contributed by atoms with Crippen molar-refractivity contribution in [2.75, 3.05) is 5.32 Å². The van der Waals surface area contributed by atoms with Crippen molar-refractivity contribution in [1.29, 1.82) is 0 Å². The molecule has 0 aliphatic carbocycles. The van der Waals surface area contributed by atoms with Crippen LogP contribution in [0.3, 0.4) is 0 Å². The standard InChI is InChI=1S/C16H14F3NO2/c1-11(21)20-14-5-7-15(8-6-14)22-10-12-3-2-4-13(9-12)16(17,18)19/h2-9H,10H2,1H3,(H,20,21). The Kier molecular flexibility index (Phi) is 4.70. The molecule has 116 valence electrons. The van der Waals surface area contributed by atoms with Crippen molar-refractivity contribution in [1.82, 2.24) is 0 Å². The Morgan fingerprint density at radius 2 is 1.82 bits per heavy atom. The smallest absolute Gasteiger partial charge is 0.416 e. The van der Waals surface area contributed by atoms with Gasteiger partial charge in [-0.1, -0.05) is 12.1 Å². The normalized spacial score (nSPS) is 11.1. The van der Waals surface area contributed by atoms with E-state index in [-0.39, 0.29) is 12.5 Å². The van der Waals surface area contributed by atoms with E-state index in [1.54, 1.807) is 30.3 Å². The molecule has 0 fully saturated rings. The number of ether oxygens (including phenoxy) is 1. The van der Waals surface area contributed by atoms with Crippen molar-refractivity contribution < 1.29 is 22.7 Å². The first-order valence-corrected chi connectivity index (χ1v) is 6.51. The molecule has 1 N–H and O–H groups in total. The highest BCUT2D eigenvalue weighted by atomic mass is 19.4. The minimum absolute atomic E-state index is 0.0312. The van der Waals surface area contributed by atoms with Crippen LogP contribution in [0.2, 0.25) is 0 Å². The van der Waals surface area contributed by atoms with Crippen LogP contribution < -0.4 is 10.1 Å². The van der Waals surface area contributed by atoms with E-state index in [1.165, 1.54) is 13.0 Å². The average Bonchev–Trinajstić information content (AvgIpc) is 2.45. The maximum atomic E-state index is 12.6. The third-order valence-corrected chi connectivity index (χ3v) is 2.83. The number of amides is 1. The number of halogens is 3. The lowest BCUT2D eigenvalue weighted by molar-refractivity contribution is -0.137. The summed E-state index contributed by atoms with van der Waals surface area (Å²) in [5, 5.41) is 2.61. The van der Waals surface area contributed by atoms with Gasteiger partial charge in [0.05, 0.1) is 5.56 Å². The molecule has 0 spiro atoms. The minimum atomic E-state index is -4.37. The van der Waals surface area contributed by atoms with Crippen molar-refractivity contribution in [2.24, 2.45) is 0 Å². The molecule has 6 heteroatoms. The van der Waals surface area contributed by atoms with Gasteiger partial charge in [-0.3, -0.25) is 4.79 Å². The molecule has 0 aromatic heterocycles. The van der Waals surface area contributed by atoms with Crippen molar-refractivity contribution in [3.05, 3.63) is 59.7 Å². The number of carbonyl (C=O) groups is 1. The Morgan fingerprint density at radius 1 is 1.14 bits per heavy atom. The fourth-order valence-electron chi connectivity index (χ4n) is 1.84. The van der Waals surface area contributed by atoms with Crippen molar-refractivity contribution in [3.63, 3.8) is 0 Å². The van der Waals surface area contributed by atoms with Gasteiger partial charge in [-0.05, 0) is 42.0 Å². The van der Waals surface area contributed by atoms with Crippen LogP contribution >= 0.6 is 0 Å². The van der Waals surface area contributed by atoms with Crippen LogP contribution in [0.25, 0.3) is 0 Å². The second-order valence-corrected chi connectivity index (χ2v) is 4.69. The fourth-order valence-corrected chi connectivity index (χ4v) is 1.84. The molecular weight excluding hydrogens is 295 g/mol. The van der Waals surface area contributed by atoms with Gasteiger partial charge in [0.2, 0.25) is 5.91 Å². The van der Waals surface area contributed by atoms with Gasteiger partial charge in [-0.15, -0.1) is 0 Å². The second-order valence-electron chi connectivity index (χ2n) is 4.69. The molecule has 0 radical (unpaired) electrons. The quantitative estimate of drug-likeness (QED) is 0.917. The molecule has 22 heavy (non-hydrogen) atoms. The maximum absolute atomic E-state index is 12.6. The summed E-state index contributed by atoms with van der Waals surface area (Å²) >= 11 is 0.